The normalized spacial score (nSPS) is 21.7. The van der Waals surface area contributed by atoms with Gasteiger partial charge in [-0.1, -0.05) is 12.1 Å². The molecule has 1 fully saturated rings. The monoisotopic (exact) mass is 313 g/mol. The molecule has 0 unspecified atom stereocenters. The number of carbonyl (C=O) groups excluding carboxylic acids is 1. The lowest BCUT2D eigenvalue weighted by Crippen LogP contribution is -2.36. The van der Waals surface area contributed by atoms with Gasteiger partial charge in [-0.05, 0) is 12.1 Å². The summed E-state index contributed by atoms with van der Waals surface area (Å²) in [4.78, 5) is 12.4. The number of Topliss-reactive ketones (excluding diaryl/α,β-unsaturated/α-hetero) is 1. The van der Waals surface area contributed by atoms with Crippen molar-refractivity contribution in [2.75, 3.05) is 22.9 Å². The molecule has 4 nitrogen and oxygen atoms in total. The van der Waals surface area contributed by atoms with E-state index in [1.165, 1.54) is 34.9 Å². The minimum atomic E-state index is -3.73. The van der Waals surface area contributed by atoms with Crippen LogP contribution in [-0.4, -0.2) is 32.8 Å². The van der Waals surface area contributed by atoms with Crippen molar-refractivity contribution in [2.24, 2.45) is 0 Å². The quantitative estimate of drug-likeness (QED) is 0.688. The average molecular weight is 313 g/mol. The van der Waals surface area contributed by atoms with E-state index in [2.05, 4.69) is 0 Å². The number of nitrogens with zero attached hydrogens (tertiary/aromatic N) is 1. The summed E-state index contributed by atoms with van der Waals surface area (Å²) in [5, 5.41) is 0. The summed E-state index contributed by atoms with van der Waals surface area (Å²) in [6, 6.07) is 6.81. The van der Waals surface area contributed by atoms with Crippen LogP contribution in [0, 0.1) is 0 Å². The summed E-state index contributed by atoms with van der Waals surface area (Å²) in [6.45, 7) is 0. The Bertz CT molecular complexity index is 686. The predicted molar refractivity (Wildman–Crippen MR) is 80.0 cm³/mol. The summed E-state index contributed by atoms with van der Waals surface area (Å²) in [6.07, 6.45) is 0. The molecular weight excluding hydrogens is 302 g/mol. The second-order valence-corrected chi connectivity index (χ2v) is 8.51. The number of benzene rings is 1. The number of hydrogen-bond donors (Lipinski definition) is 0. The van der Waals surface area contributed by atoms with Gasteiger partial charge in [0, 0.05) is 24.1 Å². The van der Waals surface area contributed by atoms with Gasteiger partial charge in [0.05, 0.1) is 9.92 Å². The molecule has 0 radical (unpaired) electrons. The maximum atomic E-state index is 12.5. The van der Waals surface area contributed by atoms with Gasteiger partial charge in [0.2, 0.25) is 5.78 Å². The molecule has 0 bridgehead atoms. The molecule has 7 heteroatoms. The maximum absolute atomic E-state index is 12.5. The Kier molecular flexibility index (Phi) is 3.15. The first-order chi connectivity index (χ1) is 9.03. The number of thioether (sulfide) groups is 2. The number of rotatable bonds is 0. The van der Waals surface area contributed by atoms with E-state index in [4.69, 9.17) is 0 Å². The first kappa shape index (κ1) is 13.1. The van der Waals surface area contributed by atoms with Crippen molar-refractivity contribution in [1.82, 2.24) is 0 Å². The van der Waals surface area contributed by atoms with E-state index in [1.54, 1.807) is 24.3 Å². The first-order valence-electron chi connectivity index (χ1n) is 5.66. The number of carbonyl (C=O) groups is 1. The molecule has 2 aliphatic rings. The van der Waals surface area contributed by atoms with Crippen molar-refractivity contribution < 1.29 is 13.2 Å². The minimum absolute atomic E-state index is 0.0544. The largest absolute Gasteiger partial charge is 0.288 e. The van der Waals surface area contributed by atoms with Gasteiger partial charge in [0.15, 0.2) is 4.91 Å². The molecule has 0 amide bonds. The van der Waals surface area contributed by atoms with Crippen molar-refractivity contribution in [3.05, 3.63) is 39.0 Å². The zero-order valence-corrected chi connectivity index (χ0v) is 12.6. The first-order valence-corrected chi connectivity index (χ1v) is 9.07. The zero-order chi connectivity index (χ0) is 13.6. The van der Waals surface area contributed by atoms with E-state index >= 15 is 0 Å². The Hall–Kier alpha value is -0.920. The van der Waals surface area contributed by atoms with Crippen molar-refractivity contribution >= 4 is 45.0 Å². The molecule has 1 aromatic carbocycles. The van der Waals surface area contributed by atoms with E-state index in [-0.39, 0.29) is 10.7 Å². The number of hydrogen-bond acceptors (Lipinski definition) is 5. The van der Waals surface area contributed by atoms with Gasteiger partial charge in [0.1, 0.15) is 0 Å². The molecule has 0 atom stereocenters. The summed E-state index contributed by atoms with van der Waals surface area (Å²) in [5.41, 5.74) is 0.903. The molecule has 2 aliphatic heterocycles. The molecule has 3 rings (SSSR count). The summed E-state index contributed by atoms with van der Waals surface area (Å²) in [5.74, 6) is 1.31. The van der Waals surface area contributed by atoms with Crippen LogP contribution in [0.15, 0.2) is 33.4 Å². The lowest BCUT2D eigenvalue weighted by Gasteiger charge is -2.28. The molecule has 2 heterocycles. The molecule has 0 saturated carbocycles. The van der Waals surface area contributed by atoms with E-state index in [0.717, 1.165) is 11.5 Å². The van der Waals surface area contributed by atoms with Crippen molar-refractivity contribution in [2.45, 2.75) is 0 Å². The SMILES string of the molecule is CN1c2ccccc2C(=O)C(=C2SCCS2)S1(=O)=O. The second kappa shape index (κ2) is 4.57. The topological polar surface area (TPSA) is 54.5 Å². The molecule has 0 aromatic heterocycles. The third-order valence-electron chi connectivity index (χ3n) is 3.05. The highest BCUT2D eigenvalue weighted by Gasteiger charge is 2.41. The molecule has 19 heavy (non-hydrogen) atoms. The van der Waals surface area contributed by atoms with Crippen LogP contribution in [0.4, 0.5) is 5.69 Å². The van der Waals surface area contributed by atoms with E-state index in [0.29, 0.717) is 15.5 Å². The number of sulfonamides is 1. The molecular formula is C12H11NO3S3. The Morgan fingerprint density at radius 3 is 2.47 bits per heavy atom. The van der Waals surface area contributed by atoms with Gasteiger partial charge in [-0.3, -0.25) is 9.10 Å². The minimum Gasteiger partial charge on any atom is -0.288 e. The van der Waals surface area contributed by atoms with Crippen LogP contribution in [0.5, 0.6) is 0 Å². The van der Waals surface area contributed by atoms with Crippen molar-refractivity contribution in [3.63, 3.8) is 0 Å². The summed E-state index contributed by atoms with van der Waals surface area (Å²) < 4.78 is 26.8. The fourth-order valence-electron chi connectivity index (χ4n) is 2.09. The van der Waals surface area contributed by atoms with Gasteiger partial charge in [-0.25, -0.2) is 8.42 Å². The smallest absolute Gasteiger partial charge is 0.269 e. The Balaban J connectivity index is 2.29. The lowest BCUT2D eigenvalue weighted by molar-refractivity contribution is 0.104. The van der Waals surface area contributed by atoms with Gasteiger partial charge in [0.25, 0.3) is 10.0 Å². The van der Waals surface area contributed by atoms with E-state index < -0.39 is 10.0 Å². The van der Waals surface area contributed by atoms with Gasteiger partial charge in [-0.15, -0.1) is 23.5 Å². The van der Waals surface area contributed by atoms with Crippen LogP contribution in [-0.2, 0) is 10.0 Å². The second-order valence-electron chi connectivity index (χ2n) is 4.13. The van der Waals surface area contributed by atoms with Crippen LogP contribution in [0.3, 0.4) is 0 Å². The summed E-state index contributed by atoms with van der Waals surface area (Å²) >= 11 is 2.90. The van der Waals surface area contributed by atoms with Gasteiger partial charge in [-0.2, -0.15) is 0 Å². The Labute approximate surface area is 120 Å². The number of allylic oxidation sites excluding steroid dienone is 1. The number of ketones is 1. The van der Waals surface area contributed by atoms with Gasteiger partial charge >= 0.3 is 0 Å². The lowest BCUT2D eigenvalue weighted by atomic mass is 10.1. The zero-order valence-electron chi connectivity index (χ0n) is 10.1. The number of fused-ring (bicyclic) bond motifs is 1. The molecule has 100 valence electrons. The molecule has 1 aromatic rings. The van der Waals surface area contributed by atoms with Crippen molar-refractivity contribution in [3.8, 4) is 0 Å². The standard InChI is InChI=1S/C12H11NO3S3/c1-13-9-5-3-2-4-8(9)10(14)11(19(13,15)16)12-17-6-7-18-12/h2-5H,6-7H2,1H3. The van der Waals surface area contributed by atoms with Crippen LogP contribution < -0.4 is 4.31 Å². The van der Waals surface area contributed by atoms with Crippen LogP contribution in [0.1, 0.15) is 10.4 Å². The van der Waals surface area contributed by atoms with Gasteiger partial charge < -0.3 is 0 Å². The third kappa shape index (κ3) is 1.91. The van der Waals surface area contributed by atoms with E-state index in [9.17, 15) is 13.2 Å². The number of para-hydroxylation sites is 1. The Morgan fingerprint density at radius 1 is 1.16 bits per heavy atom. The van der Waals surface area contributed by atoms with Crippen LogP contribution in [0.25, 0.3) is 0 Å². The highest BCUT2D eigenvalue weighted by Crippen LogP contribution is 2.44. The Morgan fingerprint density at radius 2 is 1.79 bits per heavy atom. The molecule has 0 aliphatic carbocycles. The molecule has 0 spiro atoms. The van der Waals surface area contributed by atoms with Crippen LogP contribution in [0.2, 0.25) is 0 Å². The fourth-order valence-corrected chi connectivity index (χ4v) is 6.64. The fraction of sp³-hybridized carbons (Fsp3) is 0.250. The van der Waals surface area contributed by atoms with Crippen LogP contribution >= 0.6 is 23.5 Å². The van der Waals surface area contributed by atoms with E-state index in [1.807, 2.05) is 0 Å². The predicted octanol–water partition coefficient (Wildman–Crippen LogP) is 2.30. The number of anilines is 1. The maximum Gasteiger partial charge on any atom is 0.269 e. The highest BCUT2D eigenvalue weighted by molar-refractivity contribution is 8.26. The third-order valence-corrected chi connectivity index (χ3v) is 7.84. The average Bonchev–Trinajstić information content (AvgIpc) is 2.90. The molecule has 0 N–H and O–H groups in total. The summed E-state index contributed by atoms with van der Waals surface area (Å²) in [7, 11) is -2.23. The highest BCUT2D eigenvalue weighted by atomic mass is 32.2. The van der Waals surface area contributed by atoms with Crippen molar-refractivity contribution in [1.29, 1.82) is 0 Å². The molecule has 1 saturated heterocycles.